The van der Waals surface area contributed by atoms with Gasteiger partial charge in [-0.1, -0.05) is 32.9 Å². The van der Waals surface area contributed by atoms with Crippen molar-refractivity contribution < 1.29 is 4.74 Å². The molecule has 1 aromatic carbocycles. The fraction of sp³-hybridized carbons (Fsp3) is 0.647. The summed E-state index contributed by atoms with van der Waals surface area (Å²) in [5, 5.41) is 0. The van der Waals surface area contributed by atoms with E-state index in [9.17, 15) is 0 Å². The minimum Gasteiger partial charge on any atom is -0.497 e. The molecule has 0 spiro atoms. The Morgan fingerprint density at radius 3 is 2.00 bits per heavy atom. The van der Waals surface area contributed by atoms with Crippen molar-refractivity contribution in [1.29, 1.82) is 0 Å². The van der Waals surface area contributed by atoms with E-state index in [0.717, 1.165) is 11.3 Å². The van der Waals surface area contributed by atoms with Crippen LogP contribution in [0.2, 0.25) is 0 Å². The highest BCUT2D eigenvalue weighted by atomic mass is 16.5. The van der Waals surface area contributed by atoms with Crippen molar-refractivity contribution in [2.24, 2.45) is 11.1 Å². The third kappa shape index (κ3) is 3.97. The van der Waals surface area contributed by atoms with E-state index in [2.05, 4.69) is 58.7 Å². The molecule has 0 saturated carbocycles. The summed E-state index contributed by atoms with van der Waals surface area (Å²) in [5.41, 5.74) is 7.81. The fourth-order valence-corrected chi connectivity index (χ4v) is 2.32. The summed E-state index contributed by atoms with van der Waals surface area (Å²) in [5.74, 6) is 0.866. The summed E-state index contributed by atoms with van der Waals surface area (Å²) in [4.78, 5) is 2.37. The van der Waals surface area contributed by atoms with Crippen molar-refractivity contribution in [3.63, 3.8) is 0 Å². The predicted octanol–water partition coefficient (Wildman–Crippen LogP) is 3.45. The number of nitrogens with two attached hydrogens (primary N) is 1. The molecule has 0 radical (unpaired) electrons. The molecule has 0 heterocycles. The topological polar surface area (TPSA) is 38.5 Å². The van der Waals surface area contributed by atoms with E-state index >= 15 is 0 Å². The zero-order valence-corrected chi connectivity index (χ0v) is 14.0. The van der Waals surface area contributed by atoms with Crippen LogP contribution in [0.1, 0.15) is 46.2 Å². The third-order valence-electron chi connectivity index (χ3n) is 4.53. The van der Waals surface area contributed by atoms with Gasteiger partial charge in [-0.15, -0.1) is 0 Å². The van der Waals surface area contributed by atoms with Crippen LogP contribution in [0.25, 0.3) is 0 Å². The normalized spacial score (nSPS) is 16.9. The second-order valence-electron chi connectivity index (χ2n) is 6.75. The van der Waals surface area contributed by atoms with Gasteiger partial charge in [-0.3, -0.25) is 4.90 Å². The molecule has 0 saturated heterocycles. The number of hydrogen-bond acceptors (Lipinski definition) is 3. The van der Waals surface area contributed by atoms with Crippen LogP contribution in [-0.4, -0.2) is 31.1 Å². The Morgan fingerprint density at radius 1 is 1.10 bits per heavy atom. The van der Waals surface area contributed by atoms with Gasteiger partial charge in [-0.25, -0.2) is 0 Å². The van der Waals surface area contributed by atoms with Crippen LogP contribution in [0, 0.1) is 5.41 Å². The average molecular weight is 278 g/mol. The van der Waals surface area contributed by atoms with E-state index in [1.165, 1.54) is 0 Å². The molecule has 3 atom stereocenters. The molecule has 0 aliphatic heterocycles. The monoisotopic (exact) mass is 278 g/mol. The van der Waals surface area contributed by atoms with Crippen LogP contribution in [-0.2, 0) is 0 Å². The summed E-state index contributed by atoms with van der Waals surface area (Å²) in [6, 6.07) is 8.77. The Balaban J connectivity index is 2.82. The van der Waals surface area contributed by atoms with Gasteiger partial charge in [0.1, 0.15) is 5.75 Å². The molecular formula is C17H30N2O. The summed E-state index contributed by atoms with van der Waals surface area (Å²) in [7, 11) is 3.83. The number of methoxy groups -OCH3 is 1. The summed E-state index contributed by atoms with van der Waals surface area (Å²) in [6.45, 7) is 11.2. The van der Waals surface area contributed by atoms with Crippen LogP contribution in [0.3, 0.4) is 0 Å². The summed E-state index contributed by atoms with van der Waals surface area (Å²) < 4.78 is 5.19. The SMILES string of the molecule is COc1ccc(C(N)C(C)N(C)C(C)C(C)(C)C)cc1. The molecule has 0 fully saturated rings. The molecule has 3 nitrogen and oxygen atoms in total. The molecule has 0 aliphatic carbocycles. The summed E-state index contributed by atoms with van der Waals surface area (Å²) in [6.07, 6.45) is 0. The molecule has 20 heavy (non-hydrogen) atoms. The first-order valence-corrected chi connectivity index (χ1v) is 7.30. The standard InChI is InChI=1S/C17H30N2O/c1-12(19(6)13(2)17(3,4)5)16(18)14-8-10-15(20-7)11-9-14/h8-13,16H,18H2,1-7H3. The molecule has 1 aromatic rings. The maximum absolute atomic E-state index is 6.43. The van der Waals surface area contributed by atoms with E-state index in [1.807, 2.05) is 12.1 Å². The van der Waals surface area contributed by atoms with Crippen LogP contribution >= 0.6 is 0 Å². The molecule has 3 unspecified atom stereocenters. The second-order valence-corrected chi connectivity index (χ2v) is 6.75. The lowest BCUT2D eigenvalue weighted by atomic mass is 9.85. The zero-order valence-electron chi connectivity index (χ0n) is 14.0. The molecular weight excluding hydrogens is 248 g/mol. The van der Waals surface area contributed by atoms with Gasteiger partial charge in [0.25, 0.3) is 0 Å². The molecule has 1 rings (SSSR count). The first-order valence-electron chi connectivity index (χ1n) is 7.30. The number of benzene rings is 1. The van der Waals surface area contributed by atoms with Gasteiger partial charge in [0.05, 0.1) is 7.11 Å². The molecule has 0 bridgehead atoms. The highest BCUT2D eigenvalue weighted by Crippen LogP contribution is 2.28. The Morgan fingerprint density at radius 2 is 1.60 bits per heavy atom. The Labute approximate surface area is 124 Å². The molecule has 3 heteroatoms. The number of nitrogens with zero attached hydrogens (tertiary/aromatic N) is 1. The van der Waals surface area contributed by atoms with Gasteiger partial charge >= 0.3 is 0 Å². The van der Waals surface area contributed by atoms with E-state index in [0.29, 0.717) is 6.04 Å². The van der Waals surface area contributed by atoms with Gasteiger partial charge in [0, 0.05) is 18.1 Å². The quantitative estimate of drug-likeness (QED) is 0.896. The number of rotatable bonds is 5. The second kappa shape index (κ2) is 6.59. The number of likely N-dealkylation sites (N-methyl/N-ethyl adjacent to an activating group) is 1. The minimum absolute atomic E-state index is 0.00398. The van der Waals surface area contributed by atoms with Gasteiger partial charge in [0.2, 0.25) is 0 Å². The predicted molar refractivity (Wildman–Crippen MR) is 86.1 cm³/mol. The van der Waals surface area contributed by atoms with Crippen LogP contribution in [0.5, 0.6) is 5.75 Å². The average Bonchev–Trinajstić information content (AvgIpc) is 2.43. The van der Waals surface area contributed by atoms with Crippen molar-refractivity contribution in [2.45, 2.75) is 52.7 Å². The van der Waals surface area contributed by atoms with Crippen molar-refractivity contribution in [1.82, 2.24) is 4.90 Å². The van der Waals surface area contributed by atoms with Crippen molar-refractivity contribution in [2.75, 3.05) is 14.2 Å². The van der Waals surface area contributed by atoms with E-state index in [1.54, 1.807) is 7.11 Å². The highest BCUT2D eigenvalue weighted by molar-refractivity contribution is 5.29. The largest absolute Gasteiger partial charge is 0.497 e. The van der Waals surface area contributed by atoms with Crippen molar-refractivity contribution >= 4 is 0 Å². The first kappa shape index (κ1) is 17.0. The van der Waals surface area contributed by atoms with Crippen LogP contribution < -0.4 is 10.5 Å². The molecule has 2 N–H and O–H groups in total. The Hall–Kier alpha value is -1.06. The molecule has 114 valence electrons. The van der Waals surface area contributed by atoms with Gasteiger partial charge < -0.3 is 10.5 Å². The lowest BCUT2D eigenvalue weighted by Gasteiger charge is -2.41. The van der Waals surface area contributed by atoms with Gasteiger partial charge in [-0.05, 0) is 44.0 Å². The number of ether oxygens (including phenoxy) is 1. The maximum atomic E-state index is 6.43. The van der Waals surface area contributed by atoms with Crippen LogP contribution in [0.15, 0.2) is 24.3 Å². The highest BCUT2D eigenvalue weighted by Gasteiger charge is 2.29. The molecule has 0 amide bonds. The Kier molecular flexibility index (Phi) is 5.60. The van der Waals surface area contributed by atoms with Crippen molar-refractivity contribution in [3.8, 4) is 5.75 Å². The van der Waals surface area contributed by atoms with Crippen molar-refractivity contribution in [3.05, 3.63) is 29.8 Å². The van der Waals surface area contributed by atoms with E-state index < -0.39 is 0 Å². The fourth-order valence-electron chi connectivity index (χ4n) is 2.32. The van der Waals surface area contributed by atoms with E-state index in [4.69, 9.17) is 10.5 Å². The van der Waals surface area contributed by atoms with Gasteiger partial charge in [0.15, 0.2) is 0 Å². The maximum Gasteiger partial charge on any atom is 0.118 e. The number of hydrogen-bond donors (Lipinski definition) is 1. The molecule has 0 aliphatic rings. The third-order valence-corrected chi connectivity index (χ3v) is 4.53. The lowest BCUT2D eigenvalue weighted by Crippen LogP contribution is -2.48. The zero-order chi connectivity index (χ0) is 15.5. The smallest absolute Gasteiger partial charge is 0.118 e. The minimum atomic E-state index is -0.00398. The van der Waals surface area contributed by atoms with Crippen LogP contribution in [0.4, 0.5) is 0 Å². The Bertz CT molecular complexity index is 408. The van der Waals surface area contributed by atoms with E-state index in [-0.39, 0.29) is 17.5 Å². The first-order chi connectivity index (χ1) is 9.18. The molecule has 0 aromatic heterocycles. The lowest BCUT2D eigenvalue weighted by molar-refractivity contribution is 0.0924. The summed E-state index contributed by atoms with van der Waals surface area (Å²) >= 11 is 0. The van der Waals surface area contributed by atoms with Gasteiger partial charge in [-0.2, -0.15) is 0 Å².